The molecule has 2 atom stereocenters. The standard InChI is InChI=1S/C22H26F2O3/c1-3-15-5-11-19(27-13-15)16-6-9-18(10-7-16)26-14-17-8-12-20(25-4-2)22(24)21(17)23/h6-10,12,15,19H,3-5,11,13-14H2,1-2H3. The monoisotopic (exact) mass is 376 g/mol. The van der Waals surface area contributed by atoms with Gasteiger partial charge in [0.1, 0.15) is 12.4 Å². The fourth-order valence-electron chi connectivity index (χ4n) is 3.28. The SMILES string of the molecule is CCOc1ccc(COc2ccc(C3CCC(CC)CO3)cc2)c(F)c1F. The van der Waals surface area contributed by atoms with E-state index in [0.717, 1.165) is 25.0 Å². The van der Waals surface area contributed by atoms with E-state index in [-0.39, 0.29) is 30.6 Å². The Hall–Kier alpha value is -2.14. The number of ether oxygens (including phenoxy) is 3. The van der Waals surface area contributed by atoms with Crippen LogP contribution in [0.1, 0.15) is 50.3 Å². The summed E-state index contributed by atoms with van der Waals surface area (Å²) in [6, 6.07) is 10.5. The van der Waals surface area contributed by atoms with Crippen molar-refractivity contribution >= 4 is 0 Å². The van der Waals surface area contributed by atoms with Crippen LogP contribution in [0.3, 0.4) is 0 Å². The van der Waals surface area contributed by atoms with Gasteiger partial charge in [-0.2, -0.15) is 4.39 Å². The maximum absolute atomic E-state index is 14.1. The molecule has 2 unspecified atom stereocenters. The minimum Gasteiger partial charge on any atom is -0.491 e. The van der Waals surface area contributed by atoms with Crippen molar-refractivity contribution in [1.82, 2.24) is 0 Å². The van der Waals surface area contributed by atoms with Crippen LogP contribution >= 0.6 is 0 Å². The number of rotatable bonds is 7. The van der Waals surface area contributed by atoms with Crippen LogP contribution in [0.15, 0.2) is 36.4 Å². The molecule has 0 spiro atoms. The largest absolute Gasteiger partial charge is 0.491 e. The highest BCUT2D eigenvalue weighted by atomic mass is 19.2. The van der Waals surface area contributed by atoms with E-state index in [2.05, 4.69) is 6.92 Å². The van der Waals surface area contributed by atoms with E-state index in [1.54, 1.807) is 6.92 Å². The fraction of sp³-hybridized carbons (Fsp3) is 0.455. The summed E-state index contributed by atoms with van der Waals surface area (Å²) in [5.41, 5.74) is 1.27. The third kappa shape index (κ3) is 4.78. The second kappa shape index (κ2) is 9.18. The van der Waals surface area contributed by atoms with Crippen molar-refractivity contribution in [3.05, 3.63) is 59.2 Å². The molecule has 3 rings (SSSR count). The predicted molar refractivity (Wildman–Crippen MR) is 100 cm³/mol. The van der Waals surface area contributed by atoms with Crippen molar-refractivity contribution in [3.8, 4) is 11.5 Å². The van der Waals surface area contributed by atoms with Crippen LogP contribution in [0.5, 0.6) is 11.5 Å². The van der Waals surface area contributed by atoms with Crippen molar-refractivity contribution in [3.63, 3.8) is 0 Å². The van der Waals surface area contributed by atoms with Crippen LogP contribution in [0.2, 0.25) is 0 Å². The van der Waals surface area contributed by atoms with Crippen LogP contribution in [-0.2, 0) is 11.3 Å². The van der Waals surface area contributed by atoms with Gasteiger partial charge in [0.05, 0.1) is 19.3 Å². The first-order chi connectivity index (χ1) is 13.1. The molecule has 2 aromatic rings. The summed E-state index contributed by atoms with van der Waals surface area (Å²) < 4.78 is 44.6. The maximum Gasteiger partial charge on any atom is 0.201 e. The molecular formula is C22H26F2O3. The predicted octanol–water partition coefficient (Wildman–Crippen LogP) is 5.82. The molecule has 0 bridgehead atoms. The molecule has 1 fully saturated rings. The van der Waals surface area contributed by atoms with Crippen LogP contribution < -0.4 is 9.47 Å². The van der Waals surface area contributed by atoms with E-state index < -0.39 is 11.6 Å². The molecule has 27 heavy (non-hydrogen) atoms. The smallest absolute Gasteiger partial charge is 0.201 e. The van der Waals surface area contributed by atoms with Crippen molar-refractivity contribution in [2.24, 2.45) is 5.92 Å². The molecule has 2 aromatic carbocycles. The van der Waals surface area contributed by atoms with Gasteiger partial charge in [0.15, 0.2) is 11.6 Å². The Balaban J connectivity index is 1.58. The van der Waals surface area contributed by atoms with Gasteiger partial charge in [0, 0.05) is 5.56 Å². The molecule has 1 heterocycles. The third-order valence-electron chi connectivity index (χ3n) is 5.02. The van der Waals surface area contributed by atoms with Gasteiger partial charge in [0.25, 0.3) is 0 Å². The first kappa shape index (κ1) is 19.6. The second-order valence-corrected chi connectivity index (χ2v) is 6.82. The Labute approximate surface area is 159 Å². The first-order valence-electron chi connectivity index (χ1n) is 9.56. The van der Waals surface area contributed by atoms with Gasteiger partial charge in [-0.25, -0.2) is 4.39 Å². The zero-order chi connectivity index (χ0) is 19.2. The van der Waals surface area contributed by atoms with Crippen LogP contribution in [-0.4, -0.2) is 13.2 Å². The van der Waals surface area contributed by atoms with Gasteiger partial charge < -0.3 is 14.2 Å². The van der Waals surface area contributed by atoms with Gasteiger partial charge in [-0.15, -0.1) is 0 Å². The van der Waals surface area contributed by atoms with Crippen molar-refractivity contribution in [2.45, 2.75) is 45.8 Å². The van der Waals surface area contributed by atoms with Gasteiger partial charge in [-0.05, 0) is 55.5 Å². The van der Waals surface area contributed by atoms with Gasteiger partial charge in [-0.3, -0.25) is 0 Å². The molecule has 3 nitrogen and oxygen atoms in total. The lowest BCUT2D eigenvalue weighted by Gasteiger charge is -2.28. The van der Waals surface area contributed by atoms with Crippen molar-refractivity contribution in [2.75, 3.05) is 13.2 Å². The van der Waals surface area contributed by atoms with Crippen LogP contribution in [0.4, 0.5) is 8.78 Å². The van der Waals surface area contributed by atoms with E-state index in [0.29, 0.717) is 11.7 Å². The average Bonchev–Trinajstić information content (AvgIpc) is 2.71. The van der Waals surface area contributed by atoms with E-state index in [9.17, 15) is 8.78 Å². The lowest BCUT2D eigenvalue weighted by Crippen LogP contribution is -2.20. The Bertz CT molecular complexity index is 738. The lowest BCUT2D eigenvalue weighted by molar-refractivity contribution is -0.0181. The molecule has 0 amide bonds. The third-order valence-corrected chi connectivity index (χ3v) is 5.02. The molecule has 5 heteroatoms. The highest BCUT2D eigenvalue weighted by Crippen LogP contribution is 2.32. The molecule has 1 aliphatic rings. The normalized spacial score (nSPS) is 19.7. The summed E-state index contributed by atoms with van der Waals surface area (Å²) >= 11 is 0. The molecule has 0 aromatic heterocycles. The molecule has 0 radical (unpaired) electrons. The molecular weight excluding hydrogens is 350 g/mol. The maximum atomic E-state index is 14.1. The van der Waals surface area contributed by atoms with E-state index in [4.69, 9.17) is 14.2 Å². The topological polar surface area (TPSA) is 27.7 Å². The highest BCUT2D eigenvalue weighted by molar-refractivity contribution is 5.32. The Morgan fingerprint density at radius 2 is 1.74 bits per heavy atom. The molecule has 0 saturated carbocycles. The summed E-state index contributed by atoms with van der Waals surface area (Å²) in [5.74, 6) is -0.726. The summed E-state index contributed by atoms with van der Waals surface area (Å²) in [6.07, 6.45) is 3.49. The summed E-state index contributed by atoms with van der Waals surface area (Å²) in [6.45, 7) is 4.95. The first-order valence-corrected chi connectivity index (χ1v) is 9.56. The van der Waals surface area contributed by atoms with Crippen molar-refractivity contribution < 1.29 is 23.0 Å². The molecule has 146 valence electrons. The zero-order valence-electron chi connectivity index (χ0n) is 15.8. The van der Waals surface area contributed by atoms with Crippen LogP contribution in [0, 0.1) is 17.6 Å². The van der Waals surface area contributed by atoms with Crippen molar-refractivity contribution in [1.29, 1.82) is 0 Å². The molecule has 1 aliphatic heterocycles. The van der Waals surface area contributed by atoms with Gasteiger partial charge >= 0.3 is 0 Å². The summed E-state index contributed by atoms with van der Waals surface area (Å²) in [4.78, 5) is 0. The van der Waals surface area contributed by atoms with Gasteiger partial charge in [0.2, 0.25) is 5.82 Å². The molecule has 0 N–H and O–H groups in total. The second-order valence-electron chi connectivity index (χ2n) is 6.82. The summed E-state index contributed by atoms with van der Waals surface area (Å²) in [5, 5.41) is 0. The Morgan fingerprint density at radius 3 is 2.37 bits per heavy atom. The van der Waals surface area contributed by atoms with E-state index >= 15 is 0 Å². The zero-order valence-corrected chi connectivity index (χ0v) is 15.8. The number of benzene rings is 2. The Kier molecular flexibility index (Phi) is 6.67. The highest BCUT2D eigenvalue weighted by Gasteiger charge is 2.21. The van der Waals surface area contributed by atoms with Crippen LogP contribution in [0.25, 0.3) is 0 Å². The average molecular weight is 376 g/mol. The lowest BCUT2D eigenvalue weighted by atomic mass is 9.93. The van der Waals surface area contributed by atoms with E-state index in [1.165, 1.54) is 18.6 Å². The van der Waals surface area contributed by atoms with E-state index in [1.807, 2.05) is 24.3 Å². The molecule has 1 saturated heterocycles. The minimum atomic E-state index is -0.979. The number of halogens is 2. The molecule has 0 aliphatic carbocycles. The fourth-order valence-corrected chi connectivity index (χ4v) is 3.28. The van der Waals surface area contributed by atoms with Gasteiger partial charge in [-0.1, -0.05) is 25.5 Å². The minimum absolute atomic E-state index is 0.0490. The number of hydrogen-bond acceptors (Lipinski definition) is 3. The quantitative estimate of drug-likeness (QED) is 0.609. The summed E-state index contributed by atoms with van der Waals surface area (Å²) in [7, 11) is 0. The Morgan fingerprint density at radius 1 is 0.963 bits per heavy atom. The number of hydrogen-bond donors (Lipinski definition) is 0.